The van der Waals surface area contributed by atoms with Crippen LogP contribution in [0.4, 0.5) is 0 Å². The van der Waals surface area contributed by atoms with E-state index in [9.17, 15) is 0 Å². The van der Waals surface area contributed by atoms with E-state index < -0.39 is 0 Å². The molecule has 0 bridgehead atoms. The van der Waals surface area contributed by atoms with Crippen molar-refractivity contribution >= 4 is 48.7 Å². The van der Waals surface area contributed by atoms with Gasteiger partial charge in [-0.1, -0.05) is 165 Å². The Labute approximate surface area is 300 Å². The van der Waals surface area contributed by atoms with Gasteiger partial charge in [0.05, 0.1) is 5.69 Å². The van der Waals surface area contributed by atoms with Crippen LogP contribution >= 0.6 is 0 Å². The Morgan fingerprint density at radius 3 is 1.88 bits per heavy atom. The van der Waals surface area contributed by atoms with E-state index in [2.05, 4.69) is 185 Å². The lowest BCUT2D eigenvalue weighted by Gasteiger charge is -2.20. The summed E-state index contributed by atoms with van der Waals surface area (Å²) >= 11 is 0. The highest BCUT2D eigenvalue weighted by Gasteiger charge is 2.19. The average molecular weight is 656 g/mol. The second-order valence-corrected chi connectivity index (χ2v) is 13.5. The second kappa shape index (κ2) is 14.1. The maximum Gasteiger partial charge on any atom is 0.0714 e. The van der Waals surface area contributed by atoms with Crippen LogP contribution < -0.4 is 0 Å². The van der Waals surface area contributed by atoms with Gasteiger partial charge < -0.3 is 0 Å². The third-order valence-corrected chi connectivity index (χ3v) is 10.1. The molecule has 0 fully saturated rings. The molecule has 0 N–H and O–H groups in total. The standard InChI is InChI=1S/C50H41N/c1-4-5-6-7-8-9-16-35(3)36-29-30-51-48(33-36)42-27-28-47(41-18-11-10-17-40(41)42)50-45-21-14-12-19-43(45)49(44-20-13-15-22-46(44)50)39-26-25-37-31-34(2)23-24-38(37)32-39/h6-33H,4-5H2,1-3H3/b7-6+,9-8-,35-16+. The van der Waals surface area contributed by atoms with Crippen LogP contribution in [0.25, 0.3) is 82.2 Å². The minimum atomic E-state index is 0.978. The zero-order chi connectivity index (χ0) is 34.7. The molecule has 1 aromatic heterocycles. The van der Waals surface area contributed by atoms with Crippen molar-refractivity contribution in [2.24, 2.45) is 0 Å². The van der Waals surface area contributed by atoms with Crippen LogP contribution in [-0.2, 0) is 0 Å². The largest absolute Gasteiger partial charge is 0.256 e. The average Bonchev–Trinajstić information content (AvgIpc) is 3.17. The molecule has 0 saturated heterocycles. The maximum absolute atomic E-state index is 4.89. The van der Waals surface area contributed by atoms with E-state index in [0.717, 1.165) is 17.7 Å². The number of fused-ring (bicyclic) bond motifs is 4. The molecule has 0 atom stereocenters. The lowest BCUT2D eigenvalue weighted by atomic mass is 9.83. The van der Waals surface area contributed by atoms with Crippen molar-refractivity contribution in [2.75, 3.05) is 0 Å². The van der Waals surface area contributed by atoms with Gasteiger partial charge in [0.2, 0.25) is 0 Å². The summed E-state index contributed by atoms with van der Waals surface area (Å²) in [7, 11) is 0. The van der Waals surface area contributed by atoms with Crippen LogP contribution in [0.1, 0.15) is 37.8 Å². The lowest BCUT2D eigenvalue weighted by molar-refractivity contribution is 0.959. The Kier molecular flexibility index (Phi) is 8.87. The molecule has 1 heterocycles. The van der Waals surface area contributed by atoms with E-state index in [1.54, 1.807) is 0 Å². The van der Waals surface area contributed by atoms with Gasteiger partial charge in [-0.05, 0) is 115 Å². The van der Waals surface area contributed by atoms with E-state index >= 15 is 0 Å². The number of pyridine rings is 1. The van der Waals surface area contributed by atoms with Gasteiger partial charge in [-0.2, -0.15) is 0 Å². The summed E-state index contributed by atoms with van der Waals surface area (Å²) in [5.41, 5.74) is 10.8. The monoisotopic (exact) mass is 655 g/mol. The van der Waals surface area contributed by atoms with E-state index in [-0.39, 0.29) is 0 Å². The fraction of sp³-hybridized carbons (Fsp3) is 0.100. The molecule has 7 aromatic carbocycles. The number of hydrogen-bond acceptors (Lipinski definition) is 1. The smallest absolute Gasteiger partial charge is 0.0714 e. The maximum atomic E-state index is 4.89. The van der Waals surface area contributed by atoms with Crippen LogP contribution in [0, 0.1) is 6.92 Å². The topological polar surface area (TPSA) is 12.9 Å². The van der Waals surface area contributed by atoms with Crippen molar-refractivity contribution in [1.29, 1.82) is 0 Å². The summed E-state index contributed by atoms with van der Waals surface area (Å²) in [6.07, 6.45) is 14.9. The fourth-order valence-electron chi connectivity index (χ4n) is 7.52. The highest BCUT2D eigenvalue weighted by atomic mass is 14.7. The van der Waals surface area contributed by atoms with Crippen LogP contribution in [0.15, 0.2) is 170 Å². The summed E-state index contributed by atoms with van der Waals surface area (Å²) in [6, 6.07) is 49.2. The molecular formula is C50H41N. The van der Waals surface area contributed by atoms with Crippen LogP contribution in [-0.4, -0.2) is 4.98 Å². The number of aryl methyl sites for hydroxylation is 1. The molecule has 0 saturated carbocycles. The molecule has 0 aliphatic heterocycles. The van der Waals surface area contributed by atoms with Gasteiger partial charge in [-0.15, -0.1) is 0 Å². The van der Waals surface area contributed by atoms with Crippen molar-refractivity contribution in [3.05, 3.63) is 181 Å². The number of rotatable bonds is 8. The summed E-state index contributed by atoms with van der Waals surface area (Å²) in [4.78, 5) is 4.89. The second-order valence-electron chi connectivity index (χ2n) is 13.5. The van der Waals surface area contributed by atoms with Crippen LogP contribution in [0.5, 0.6) is 0 Å². The predicted molar refractivity (Wildman–Crippen MR) is 222 cm³/mol. The highest BCUT2D eigenvalue weighted by molar-refractivity contribution is 6.24. The van der Waals surface area contributed by atoms with Crippen molar-refractivity contribution in [3.8, 4) is 33.5 Å². The SMILES string of the molecule is CCC/C=C/C=C\C=C(/C)c1ccnc(-c2ccc(-c3c4ccccc4c(-c4ccc5cc(C)ccc5c4)c4ccccc34)c3ccccc23)c1. The summed E-state index contributed by atoms with van der Waals surface area (Å²) in [5, 5.41) is 9.99. The van der Waals surface area contributed by atoms with Gasteiger partial charge in [0, 0.05) is 11.8 Å². The fourth-order valence-corrected chi connectivity index (χ4v) is 7.52. The molecule has 0 amide bonds. The van der Waals surface area contributed by atoms with Gasteiger partial charge in [0.15, 0.2) is 0 Å². The molecule has 0 aliphatic rings. The first kappa shape index (κ1) is 32.2. The Hall–Kier alpha value is -6.05. The zero-order valence-corrected chi connectivity index (χ0v) is 29.5. The first-order chi connectivity index (χ1) is 25.1. The minimum absolute atomic E-state index is 0.978. The molecule has 51 heavy (non-hydrogen) atoms. The summed E-state index contributed by atoms with van der Waals surface area (Å²) in [6.45, 7) is 6.52. The Bertz CT molecular complexity index is 2610. The number of aromatic nitrogens is 1. The van der Waals surface area contributed by atoms with Crippen molar-refractivity contribution in [2.45, 2.75) is 33.6 Å². The van der Waals surface area contributed by atoms with Gasteiger partial charge in [0.1, 0.15) is 0 Å². The van der Waals surface area contributed by atoms with Crippen molar-refractivity contribution in [1.82, 2.24) is 4.98 Å². The number of hydrogen-bond donors (Lipinski definition) is 0. The molecule has 0 aliphatic carbocycles. The summed E-state index contributed by atoms with van der Waals surface area (Å²) in [5.74, 6) is 0. The lowest BCUT2D eigenvalue weighted by Crippen LogP contribution is -1.93. The van der Waals surface area contributed by atoms with Crippen LogP contribution in [0.3, 0.4) is 0 Å². The van der Waals surface area contributed by atoms with E-state index in [1.165, 1.54) is 88.5 Å². The van der Waals surface area contributed by atoms with Crippen molar-refractivity contribution in [3.63, 3.8) is 0 Å². The molecule has 8 aromatic rings. The van der Waals surface area contributed by atoms with E-state index in [4.69, 9.17) is 4.98 Å². The molecule has 0 radical (unpaired) electrons. The zero-order valence-electron chi connectivity index (χ0n) is 29.5. The Morgan fingerprint density at radius 1 is 0.569 bits per heavy atom. The number of benzene rings is 7. The third kappa shape index (κ3) is 6.17. The number of nitrogens with zero attached hydrogens (tertiary/aromatic N) is 1. The van der Waals surface area contributed by atoms with Crippen LogP contribution in [0.2, 0.25) is 0 Å². The minimum Gasteiger partial charge on any atom is -0.256 e. The molecule has 0 spiro atoms. The van der Waals surface area contributed by atoms with Gasteiger partial charge in [0.25, 0.3) is 0 Å². The number of unbranched alkanes of at least 4 members (excludes halogenated alkanes) is 1. The van der Waals surface area contributed by atoms with Gasteiger partial charge >= 0.3 is 0 Å². The molecule has 1 heteroatoms. The Balaban J connectivity index is 1.29. The molecule has 8 rings (SSSR count). The molecule has 0 unspecified atom stereocenters. The predicted octanol–water partition coefficient (Wildman–Crippen LogP) is 14.3. The normalized spacial score (nSPS) is 12.3. The first-order valence-corrected chi connectivity index (χ1v) is 18.0. The summed E-state index contributed by atoms with van der Waals surface area (Å²) < 4.78 is 0. The Morgan fingerprint density at radius 2 is 1.18 bits per heavy atom. The number of allylic oxidation sites excluding steroid dienone is 6. The van der Waals surface area contributed by atoms with Crippen molar-refractivity contribution < 1.29 is 0 Å². The quantitative estimate of drug-likeness (QED) is 0.117. The van der Waals surface area contributed by atoms with E-state index in [1.807, 2.05) is 6.20 Å². The molecular weight excluding hydrogens is 615 g/mol. The first-order valence-electron chi connectivity index (χ1n) is 18.0. The molecule has 246 valence electrons. The van der Waals surface area contributed by atoms with E-state index in [0.29, 0.717) is 0 Å². The highest BCUT2D eigenvalue weighted by Crippen LogP contribution is 2.46. The third-order valence-electron chi connectivity index (χ3n) is 10.1. The molecule has 1 nitrogen and oxygen atoms in total. The van der Waals surface area contributed by atoms with Gasteiger partial charge in [-0.25, -0.2) is 0 Å². The van der Waals surface area contributed by atoms with Gasteiger partial charge in [-0.3, -0.25) is 4.98 Å².